The molecule has 1 fully saturated rings. The molecule has 44 heavy (non-hydrogen) atoms. The molecule has 5 rings (SSSR count). The average molecular weight is 607 g/mol. The lowest BCUT2D eigenvalue weighted by molar-refractivity contribution is -0.131. The van der Waals surface area contributed by atoms with E-state index in [1.54, 1.807) is 24.5 Å². The van der Waals surface area contributed by atoms with Crippen molar-refractivity contribution in [1.82, 2.24) is 9.97 Å². The van der Waals surface area contributed by atoms with Crippen LogP contribution in [0, 0.1) is 29.4 Å². The zero-order valence-electron chi connectivity index (χ0n) is 27.1. The second-order valence-electron chi connectivity index (χ2n) is 11.4. The van der Waals surface area contributed by atoms with Gasteiger partial charge in [-0.05, 0) is 73.7 Å². The largest absolute Gasteiger partial charge is 0.453 e. The number of nitrogens with zero attached hydrogens (tertiary/aromatic N) is 2. The maximum absolute atomic E-state index is 14.8. The van der Waals surface area contributed by atoms with Gasteiger partial charge in [-0.2, -0.15) is 0 Å². The van der Waals surface area contributed by atoms with Crippen LogP contribution in [0.2, 0.25) is 0 Å². The number of anilines is 2. The van der Waals surface area contributed by atoms with Crippen LogP contribution in [0.15, 0.2) is 67.0 Å². The van der Waals surface area contributed by atoms with Crippen LogP contribution < -0.4 is 15.4 Å². The highest BCUT2D eigenvalue weighted by atomic mass is 19.1. The lowest BCUT2D eigenvalue weighted by atomic mass is 10.0. The van der Waals surface area contributed by atoms with E-state index in [4.69, 9.17) is 4.74 Å². The molecule has 2 amide bonds. The lowest BCUT2D eigenvalue weighted by Gasteiger charge is -2.16. The number of nitrogens with one attached hydrogen (secondary N) is 2. The Morgan fingerprint density at radius 3 is 1.89 bits per heavy atom. The monoisotopic (exact) mass is 606 g/mol. The van der Waals surface area contributed by atoms with Gasteiger partial charge >= 0.3 is 0 Å². The molecule has 7 nitrogen and oxygen atoms in total. The molecule has 4 aromatic rings. The molecule has 0 spiro atoms. The van der Waals surface area contributed by atoms with Crippen LogP contribution >= 0.6 is 0 Å². The molecule has 9 heteroatoms. The molecule has 1 saturated carbocycles. The van der Waals surface area contributed by atoms with Crippen LogP contribution in [0.5, 0.6) is 11.5 Å². The van der Waals surface area contributed by atoms with Crippen molar-refractivity contribution < 1.29 is 23.1 Å². The summed E-state index contributed by atoms with van der Waals surface area (Å²) < 4.78 is 33.7. The SMILES string of the molecule is CC.CC.CC(C)(C)C.Cc1cc2nccc(Oc3ccc(NC(=O)C4(C(=O)Nc5ccc(F)cc5)CC4)cc3F)c2cn1. The normalized spacial score (nSPS) is 12.6. The van der Waals surface area contributed by atoms with E-state index in [1.807, 2.05) is 34.6 Å². The Morgan fingerprint density at radius 1 is 0.795 bits per heavy atom. The molecule has 1 aliphatic rings. The summed E-state index contributed by atoms with van der Waals surface area (Å²) in [6.07, 6.45) is 3.90. The third kappa shape index (κ3) is 10.1. The summed E-state index contributed by atoms with van der Waals surface area (Å²) in [5.41, 5.74) is 1.30. The number of benzene rings is 2. The number of aromatic nitrogens is 2. The standard InChI is InChI=1S/C26H20F2N4O3.C5H12.2C2H6/c1-15-12-21-19(14-30-15)22(8-11-29-21)35-23-7-6-18(13-20(23)28)32-25(34)26(9-10-26)24(33)31-17-4-2-16(27)3-5-17;1-5(2,3)4;2*1-2/h2-8,11-14H,9-10H2,1H3,(H,31,33)(H,32,34);1-4H3;2*1-2H3. The third-order valence-corrected chi connectivity index (χ3v) is 5.85. The van der Waals surface area contributed by atoms with Crippen molar-refractivity contribution in [2.45, 2.75) is 75.2 Å². The Kier molecular flexibility index (Phi) is 12.9. The molecule has 2 heterocycles. The van der Waals surface area contributed by atoms with E-state index in [9.17, 15) is 18.4 Å². The zero-order valence-corrected chi connectivity index (χ0v) is 27.1. The van der Waals surface area contributed by atoms with E-state index in [1.165, 1.54) is 36.4 Å². The second-order valence-corrected chi connectivity index (χ2v) is 11.4. The molecule has 0 aliphatic heterocycles. The van der Waals surface area contributed by atoms with E-state index in [0.717, 1.165) is 11.8 Å². The third-order valence-electron chi connectivity index (χ3n) is 5.85. The Balaban J connectivity index is 0.000000673. The van der Waals surface area contributed by atoms with Gasteiger partial charge in [-0.25, -0.2) is 8.78 Å². The van der Waals surface area contributed by atoms with Gasteiger partial charge < -0.3 is 15.4 Å². The van der Waals surface area contributed by atoms with Gasteiger partial charge in [0.25, 0.3) is 0 Å². The molecule has 0 saturated heterocycles. The van der Waals surface area contributed by atoms with Gasteiger partial charge in [0.15, 0.2) is 11.6 Å². The second kappa shape index (κ2) is 15.9. The van der Waals surface area contributed by atoms with Gasteiger partial charge in [0.05, 0.1) is 10.9 Å². The number of rotatable bonds is 6. The lowest BCUT2D eigenvalue weighted by Crippen LogP contribution is -2.35. The first-order chi connectivity index (χ1) is 20.8. The molecule has 2 aromatic heterocycles. The number of carbonyl (C=O) groups is 2. The fourth-order valence-corrected chi connectivity index (χ4v) is 3.70. The van der Waals surface area contributed by atoms with Gasteiger partial charge in [0, 0.05) is 35.5 Å². The molecule has 236 valence electrons. The van der Waals surface area contributed by atoms with E-state index in [-0.39, 0.29) is 11.4 Å². The molecular weight excluding hydrogens is 562 g/mol. The van der Waals surface area contributed by atoms with E-state index in [2.05, 4.69) is 48.3 Å². The molecule has 0 bridgehead atoms. The van der Waals surface area contributed by atoms with Crippen molar-refractivity contribution >= 4 is 34.1 Å². The fraction of sp³-hybridized carbons (Fsp3) is 0.371. The summed E-state index contributed by atoms with van der Waals surface area (Å²) in [6, 6.07) is 12.7. The van der Waals surface area contributed by atoms with Crippen molar-refractivity contribution in [2.24, 2.45) is 10.8 Å². The number of halogens is 2. The van der Waals surface area contributed by atoms with Crippen LogP contribution in [-0.4, -0.2) is 21.8 Å². The van der Waals surface area contributed by atoms with E-state index < -0.39 is 28.9 Å². The minimum Gasteiger partial charge on any atom is -0.453 e. The number of hydrogen-bond acceptors (Lipinski definition) is 5. The number of aryl methyl sites for hydroxylation is 1. The van der Waals surface area contributed by atoms with Crippen molar-refractivity contribution in [3.63, 3.8) is 0 Å². The van der Waals surface area contributed by atoms with Gasteiger partial charge in [-0.3, -0.25) is 19.6 Å². The quantitative estimate of drug-likeness (QED) is 0.213. The molecular formula is C35H44F2N4O3. The predicted octanol–water partition coefficient (Wildman–Crippen LogP) is 9.47. The van der Waals surface area contributed by atoms with Crippen LogP contribution in [0.25, 0.3) is 10.9 Å². The number of fused-ring (bicyclic) bond motifs is 1. The highest BCUT2D eigenvalue weighted by molar-refractivity contribution is 6.16. The van der Waals surface area contributed by atoms with Crippen molar-refractivity contribution in [2.75, 3.05) is 10.6 Å². The highest BCUT2D eigenvalue weighted by Crippen LogP contribution is 2.47. The maximum atomic E-state index is 14.8. The van der Waals surface area contributed by atoms with Crippen LogP contribution in [0.1, 0.15) is 73.9 Å². The topological polar surface area (TPSA) is 93.2 Å². The minimum atomic E-state index is -1.25. The number of carbonyl (C=O) groups excluding carboxylic acids is 2. The first-order valence-corrected chi connectivity index (χ1v) is 14.9. The van der Waals surface area contributed by atoms with E-state index in [0.29, 0.717) is 40.6 Å². The Bertz CT molecular complexity index is 1540. The maximum Gasteiger partial charge on any atom is 0.240 e. The van der Waals surface area contributed by atoms with Crippen LogP contribution in [0.3, 0.4) is 0 Å². The minimum absolute atomic E-state index is 0.0359. The number of ether oxygens (including phenoxy) is 1. The summed E-state index contributed by atoms with van der Waals surface area (Å²) in [5, 5.41) is 5.88. The summed E-state index contributed by atoms with van der Waals surface area (Å²) in [5.74, 6) is -1.78. The van der Waals surface area contributed by atoms with Crippen molar-refractivity contribution in [3.8, 4) is 11.5 Å². The fourth-order valence-electron chi connectivity index (χ4n) is 3.70. The first kappa shape index (κ1) is 35.8. The van der Waals surface area contributed by atoms with Gasteiger partial charge in [0.1, 0.15) is 17.0 Å². The summed E-state index contributed by atoms with van der Waals surface area (Å²) in [4.78, 5) is 34.1. The first-order valence-electron chi connectivity index (χ1n) is 14.9. The number of amides is 2. The van der Waals surface area contributed by atoms with Gasteiger partial charge in [0.2, 0.25) is 11.8 Å². The van der Waals surface area contributed by atoms with E-state index >= 15 is 0 Å². The Labute approximate surface area is 259 Å². The summed E-state index contributed by atoms with van der Waals surface area (Å²) in [6.45, 7) is 18.6. The van der Waals surface area contributed by atoms with Gasteiger partial charge in [-0.15, -0.1) is 0 Å². The summed E-state index contributed by atoms with van der Waals surface area (Å²) in [7, 11) is 0. The zero-order chi connectivity index (χ0) is 33.1. The van der Waals surface area contributed by atoms with Crippen LogP contribution in [0.4, 0.5) is 20.2 Å². The highest BCUT2D eigenvalue weighted by Gasteiger charge is 2.56. The average Bonchev–Trinajstić information content (AvgIpc) is 3.79. The predicted molar refractivity (Wildman–Crippen MR) is 174 cm³/mol. The summed E-state index contributed by atoms with van der Waals surface area (Å²) >= 11 is 0. The van der Waals surface area contributed by atoms with Crippen molar-refractivity contribution in [1.29, 1.82) is 0 Å². The van der Waals surface area contributed by atoms with Crippen LogP contribution in [-0.2, 0) is 9.59 Å². The molecule has 0 atom stereocenters. The van der Waals surface area contributed by atoms with Crippen molar-refractivity contribution in [3.05, 3.63) is 84.3 Å². The molecule has 2 N–H and O–H groups in total. The Morgan fingerprint density at radius 2 is 1.34 bits per heavy atom. The molecule has 2 aromatic carbocycles. The number of hydrogen-bond donors (Lipinski definition) is 2. The Hall–Kier alpha value is -4.40. The number of pyridine rings is 2. The molecule has 0 radical (unpaired) electrons. The molecule has 0 unspecified atom stereocenters. The van der Waals surface area contributed by atoms with Gasteiger partial charge in [-0.1, -0.05) is 55.4 Å². The smallest absolute Gasteiger partial charge is 0.240 e. The molecule has 1 aliphatic carbocycles.